The number of rotatable bonds is 6. The normalized spacial score (nSPS) is 19.4. The molecule has 0 spiro atoms. The third-order valence-electron chi connectivity index (χ3n) is 5.51. The molecule has 1 saturated carbocycles. The molecule has 1 fully saturated rings. The van der Waals surface area contributed by atoms with Crippen molar-refractivity contribution in [3.05, 3.63) is 54.4 Å². The number of nitrogens with zero attached hydrogens (tertiary/aromatic N) is 3. The van der Waals surface area contributed by atoms with Crippen molar-refractivity contribution in [3.8, 4) is 0 Å². The van der Waals surface area contributed by atoms with Gasteiger partial charge in [-0.25, -0.2) is 4.98 Å². The van der Waals surface area contributed by atoms with Crippen LogP contribution in [0.15, 0.2) is 48.7 Å². The Bertz CT molecular complexity index is 921. The maximum absolute atomic E-state index is 12.9. The Balaban J connectivity index is 1.59. The number of hydrogen-bond donors (Lipinski definition) is 2. The molecular formula is C21H25N5O. The molecule has 0 radical (unpaired) electrons. The van der Waals surface area contributed by atoms with E-state index in [2.05, 4.69) is 19.9 Å². The molecule has 1 amide bonds. The number of amides is 1. The fourth-order valence-electron chi connectivity index (χ4n) is 4.04. The topological polar surface area (TPSA) is 85.8 Å². The van der Waals surface area contributed by atoms with E-state index < -0.39 is 0 Å². The first kappa shape index (κ1) is 17.7. The van der Waals surface area contributed by atoms with Crippen LogP contribution in [0.1, 0.15) is 25.0 Å². The van der Waals surface area contributed by atoms with Crippen LogP contribution in [-0.2, 0) is 17.8 Å². The van der Waals surface area contributed by atoms with E-state index in [4.69, 9.17) is 5.73 Å². The Labute approximate surface area is 158 Å². The lowest BCUT2D eigenvalue weighted by Crippen LogP contribution is -2.30. The lowest BCUT2D eigenvalue weighted by molar-refractivity contribution is -0.120. The summed E-state index contributed by atoms with van der Waals surface area (Å²) in [5.41, 5.74) is 8.77. The minimum absolute atomic E-state index is 0.0148. The number of anilines is 1. The molecule has 3 aromatic rings. The Kier molecular flexibility index (Phi) is 5.16. The van der Waals surface area contributed by atoms with Crippen LogP contribution >= 0.6 is 0 Å². The number of aromatic nitrogens is 3. The lowest BCUT2D eigenvalue weighted by Gasteiger charge is -2.17. The van der Waals surface area contributed by atoms with Crippen molar-refractivity contribution in [1.82, 2.24) is 14.5 Å². The number of nitrogens with one attached hydrogen (secondary N) is 1. The summed E-state index contributed by atoms with van der Waals surface area (Å²) in [6.45, 7) is 1.27. The van der Waals surface area contributed by atoms with E-state index in [9.17, 15) is 4.79 Å². The van der Waals surface area contributed by atoms with Crippen molar-refractivity contribution >= 4 is 22.9 Å². The first-order valence-corrected chi connectivity index (χ1v) is 9.62. The van der Waals surface area contributed by atoms with Gasteiger partial charge >= 0.3 is 0 Å². The second-order valence-corrected chi connectivity index (χ2v) is 7.17. The Morgan fingerprint density at radius 2 is 2.04 bits per heavy atom. The predicted octanol–water partition coefficient (Wildman–Crippen LogP) is 2.99. The van der Waals surface area contributed by atoms with E-state index in [1.54, 1.807) is 6.20 Å². The number of fused-ring (bicyclic) bond motifs is 1. The van der Waals surface area contributed by atoms with Crippen molar-refractivity contribution in [2.24, 2.45) is 17.6 Å². The Hall–Kier alpha value is -2.73. The summed E-state index contributed by atoms with van der Waals surface area (Å²) < 4.78 is 2.08. The molecule has 1 aliphatic rings. The van der Waals surface area contributed by atoms with Gasteiger partial charge in [0.05, 0.1) is 11.0 Å². The minimum Gasteiger partial charge on any atom is -0.330 e. The molecule has 27 heavy (non-hydrogen) atoms. The van der Waals surface area contributed by atoms with Gasteiger partial charge in [-0.05, 0) is 49.6 Å². The molecule has 0 aliphatic heterocycles. The zero-order chi connectivity index (χ0) is 18.6. The molecule has 4 rings (SSSR count). The van der Waals surface area contributed by atoms with Gasteiger partial charge in [-0.2, -0.15) is 0 Å². The number of carbonyl (C=O) groups is 1. The largest absolute Gasteiger partial charge is 0.330 e. The second kappa shape index (κ2) is 7.88. The Morgan fingerprint density at radius 1 is 1.19 bits per heavy atom. The molecule has 140 valence electrons. The lowest BCUT2D eigenvalue weighted by atomic mass is 9.95. The molecule has 0 unspecified atom stereocenters. The molecule has 2 atom stereocenters. The fourth-order valence-corrected chi connectivity index (χ4v) is 4.04. The zero-order valence-electron chi connectivity index (χ0n) is 15.3. The van der Waals surface area contributed by atoms with Crippen molar-refractivity contribution in [3.63, 3.8) is 0 Å². The van der Waals surface area contributed by atoms with Gasteiger partial charge in [0.25, 0.3) is 0 Å². The van der Waals surface area contributed by atoms with Crippen LogP contribution < -0.4 is 11.1 Å². The third kappa shape index (κ3) is 3.71. The molecular weight excluding hydrogens is 338 g/mol. The molecule has 2 heterocycles. The predicted molar refractivity (Wildman–Crippen MR) is 106 cm³/mol. The highest BCUT2D eigenvalue weighted by molar-refractivity contribution is 5.93. The monoisotopic (exact) mass is 363 g/mol. The summed E-state index contributed by atoms with van der Waals surface area (Å²) in [4.78, 5) is 21.9. The second-order valence-electron chi connectivity index (χ2n) is 7.17. The van der Waals surface area contributed by atoms with Crippen LogP contribution in [0.2, 0.25) is 0 Å². The number of aryl methyl sites for hydroxylation is 2. The van der Waals surface area contributed by atoms with Crippen LogP contribution in [0, 0.1) is 11.8 Å². The summed E-state index contributed by atoms with van der Waals surface area (Å²) in [6.07, 6.45) is 5.58. The van der Waals surface area contributed by atoms with Crippen LogP contribution in [-0.4, -0.2) is 27.0 Å². The average Bonchev–Trinajstić information content (AvgIpc) is 3.31. The van der Waals surface area contributed by atoms with Crippen molar-refractivity contribution in [2.45, 2.75) is 32.2 Å². The summed E-state index contributed by atoms with van der Waals surface area (Å²) in [6, 6.07) is 13.9. The summed E-state index contributed by atoms with van der Waals surface area (Å²) in [7, 11) is 0. The number of carbonyl (C=O) groups excluding carboxylic acids is 1. The van der Waals surface area contributed by atoms with Crippen LogP contribution in [0.3, 0.4) is 0 Å². The highest BCUT2D eigenvalue weighted by atomic mass is 16.2. The van der Waals surface area contributed by atoms with E-state index in [1.807, 2.05) is 42.5 Å². The van der Waals surface area contributed by atoms with E-state index in [0.717, 1.165) is 42.4 Å². The highest BCUT2D eigenvalue weighted by Gasteiger charge is 2.32. The smallest absolute Gasteiger partial charge is 0.230 e. The van der Waals surface area contributed by atoms with E-state index >= 15 is 0 Å². The number of nitrogens with two attached hydrogens (primary N) is 1. The van der Waals surface area contributed by atoms with Gasteiger partial charge < -0.3 is 10.3 Å². The van der Waals surface area contributed by atoms with Crippen molar-refractivity contribution in [2.75, 3.05) is 11.9 Å². The van der Waals surface area contributed by atoms with Crippen LogP contribution in [0.5, 0.6) is 0 Å². The van der Waals surface area contributed by atoms with Crippen molar-refractivity contribution in [1.29, 1.82) is 0 Å². The number of para-hydroxylation sites is 2. The van der Waals surface area contributed by atoms with E-state index in [0.29, 0.717) is 19.0 Å². The summed E-state index contributed by atoms with van der Waals surface area (Å²) >= 11 is 0. The summed E-state index contributed by atoms with van der Waals surface area (Å²) in [5.74, 6) is 0.910. The maximum Gasteiger partial charge on any atom is 0.230 e. The first-order chi connectivity index (χ1) is 13.3. The van der Waals surface area contributed by atoms with Gasteiger partial charge in [-0.1, -0.05) is 24.6 Å². The molecule has 3 N–H and O–H groups in total. The molecule has 2 aromatic heterocycles. The van der Waals surface area contributed by atoms with Crippen LogP contribution in [0.25, 0.3) is 11.0 Å². The number of imidazole rings is 1. The molecule has 1 aromatic carbocycles. The number of hydrogen-bond acceptors (Lipinski definition) is 4. The van der Waals surface area contributed by atoms with E-state index in [-0.39, 0.29) is 17.7 Å². The molecule has 6 heteroatoms. The maximum atomic E-state index is 12.9. The van der Waals surface area contributed by atoms with Gasteiger partial charge in [0.15, 0.2) is 0 Å². The average molecular weight is 363 g/mol. The zero-order valence-corrected chi connectivity index (χ0v) is 15.3. The fraction of sp³-hybridized carbons (Fsp3) is 0.381. The first-order valence-electron chi connectivity index (χ1n) is 9.62. The van der Waals surface area contributed by atoms with Gasteiger partial charge in [0.2, 0.25) is 11.9 Å². The van der Waals surface area contributed by atoms with Gasteiger partial charge in [0, 0.05) is 30.8 Å². The van der Waals surface area contributed by atoms with Gasteiger partial charge in [-0.3, -0.25) is 15.1 Å². The van der Waals surface area contributed by atoms with E-state index in [1.165, 1.54) is 0 Å². The molecule has 0 bridgehead atoms. The quantitative estimate of drug-likeness (QED) is 0.705. The standard InChI is InChI=1S/C21H25N5O/c22-14-15-6-5-8-17(15)20(27)25-21-24-18-9-1-2-10-19(18)26(21)13-11-16-7-3-4-12-23-16/h1-4,7,9-10,12,15,17H,5-6,8,11,13-14,22H2,(H,24,25,27)/t15-,17-/m1/s1. The SMILES string of the molecule is NC[C@H]1CCC[C@H]1C(=O)Nc1nc2ccccc2n1CCc1ccccn1. The molecule has 6 nitrogen and oxygen atoms in total. The number of pyridine rings is 1. The minimum atomic E-state index is -0.0148. The third-order valence-corrected chi connectivity index (χ3v) is 5.51. The Morgan fingerprint density at radius 3 is 2.85 bits per heavy atom. The van der Waals surface area contributed by atoms with Crippen LogP contribution in [0.4, 0.5) is 5.95 Å². The molecule has 1 aliphatic carbocycles. The van der Waals surface area contributed by atoms with Gasteiger partial charge in [0.1, 0.15) is 0 Å². The van der Waals surface area contributed by atoms with Gasteiger partial charge in [-0.15, -0.1) is 0 Å². The summed E-state index contributed by atoms with van der Waals surface area (Å²) in [5, 5.41) is 3.08. The number of benzene rings is 1. The van der Waals surface area contributed by atoms with Crippen molar-refractivity contribution < 1.29 is 4.79 Å². The molecule has 0 saturated heterocycles. The highest BCUT2D eigenvalue weighted by Crippen LogP contribution is 2.32.